The molecule has 0 saturated heterocycles. The molecule has 1 aromatic heterocycles. The Morgan fingerprint density at radius 2 is 0.881 bits per heavy atom. The molecule has 0 atom stereocenters. The first-order valence-corrected chi connectivity index (χ1v) is 20.4. The standard InChI is InChI=1S/C57H38N2/c1-4-21-42(22-5-1)57(43-23-6-2-7-24-43)52-36-41-19-11-10-18-40(41)35-50(52)48-33-31-46(38-53(48)57)58(54-30-16-20-39-17-12-13-27-47(39)54)45-32-34-56-51(37-45)49-28-14-15-29-55(49)59(56)44-25-8-3-9-26-44/h1-38H. The number of hydrogen-bond donors (Lipinski definition) is 0. The Hall–Kier alpha value is -7.68. The summed E-state index contributed by atoms with van der Waals surface area (Å²) < 4.78 is 2.39. The van der Waals surface area contributed by atoms with Gasteiger partial charge in [-0.25, -0.2) is 0 Å². The van der Waals surface area contributed by atoms with Gasteiger partial charge >= 0.3 is 0 Å². The van der Waals surface area contributed by atoms with Gasteiger partial charge in [0.2, 0.25) is 0 Å². The molecule has 0 amide bonds. The Balaban J connectivity index is 1.16. The minimum Gasteiger partial charge on any atom is -0.310 e. The first-order chi connectivity index (χ1) is 29.3. The zero-order chi connectivity index (χ0) is 38.9. The molecule has 2 nitrogen and oxygen atoms in total. The third kappa shape index (κ3) is 5.00. The van der Waals surface area contributed by atoms with Crippen LogP contribution in [0.1, 0.15) is 22.3 Å². The van der Waals surface area contributed by atoms with Crippen LogP contribution < -0.4 is 4.90 Å². The molecule has 12 rings (SSSR count). The maximum atomic E-state index is 2.49. The van der Waals surface area contributed by atoms with Crippen molar-refractivity contribution in [2.24, 2.45) is 0 Å². The number of anilines is 3. The number of para-hydroxylation sites is 2. The van der Waals surface area contributed by atoms with Crippen molar-refractivity contribution in [1.82, 2.24) is 4.57 Å². The molecule has 59 heavy (non-hydrogen) atoms. The zero-order valence-corrected chi connectivity index (χ0v) is 32.3. The van der Waals surface area contributed by atoms with E-state index in [2.05, 4.69) is 240 Å². The van der Waals surface area contributed by atoms with E-state index < -0.39 is 5.41 Å². The van der Waals surface area contributed by atoms with Gasteiger partial charge in [-0.1, -0.05) is 164 Å². The summed E-state index contributed by atoms with van der Waals surface area (Å²) >= 11 is 0. The summed E-state index contributed by atoms with van der Waals surface area (Å²) in [5.74, 6) is 0. The number of rotatable bonds is 6. The van der Waals surface area contributed by atoms with E-state index in [1.807, 2.05) is 0 Å². The van der Waals surface area contributed by atoms with Crippen LogP contribution in [0.3, 0.4) is 0 Å². The van der Waals surface area contributed by atoms with E-state index in [9.17, 15) is 0 Å². The quantitative estimate of drug-likeness (QED) is 0.164. The molecule has 1 aliphatic carbocycles. The minimum absolute atomic E-state index is 0.551. The molecule has 0 unspecified atom stereocenters. The summed E-state index contributed by atoms with van der Waals surface area (Å²) in [5.41, 5.74) is 14.0. The Bertz CT molecular complexity index is 3340. The number of fused-ring (bicyclic) bond motifs is 8. The van der Waals surface area contributed by atoms with Crippen molar-refractivity contribution in [2.75, 3.05) is 4.90 Å². The summed E-state index contributed by atoms with van der Waals surface area (Å²) in [7, 11) is 0. The predicted octanol–water partition coefficient (Wildman–Crippen LogP) is 14.9. The van der Waals surface area contributed by atoms with E-state index >= 15 is 0 Å². The van der Waals surface area contributed by atoms with Crippen molar-refractivity contribution in [3.8, 4) is 16.8 Å². The van der Waals surface area contributed by atoms with Gasteiger partial charge in [0.25, 0.3) is 0 Å². The molecule has 2 heteroatoms. The van der Waals surface area contributed by atoms with Gasteiger partial charge in [-0.3, -0.25) is 0 Å². The second-order valence-electron chi connectivity index (χ2n) is 15.7. The van der Waals surface area contributed by atoms with Gasteiger partial charge in [0.15, 0.2) is 0 Å². The lowest BCUT2D eigenvalue weighted by Gasteiger charge is -2.35. The Kier molecular flexibility index (Phi) is 7.48. The molecule has 0 radical (unpaired) electrons. The van der Waals surface area contributed by atoms with Crippen molar-refractivity contribution in [3.63, 3.8) is 0 Å². The van der Waals surface area contributed by atoms with Crippen molar-refractivity contribution < 1.29 is 0 Å². The summed E-state index contributed by atoms with van der Waals surface area (Å²) in [6.07, 6.45) is 0. The van der Waals surface area contributed by atoms with E-state index in [0.29, 0.717) is 0 Å². The van der Waals surface area contributed by atoms with Crippen LogP contribution >= 0.6 is 0 Å². The number of aromatic nitrogens is 1. The van der Waals surface area contributed by atoms with E-state index in [1.165, 1.54) is 76.7 Å². The SMILES string of the molecule is c1ccc(-n2c3ccccc3c3cc(N(c4ccc5c(c4)C(c4ccccc4)(c4ccccc4)c4cc6ccccc6cc4-5)c4cccc5ccccc45)ccc32)cc1. The van der Waals surface area contributed by atoms with Gasteiger partial charge in [0.1, 0.15) is 0 Å². The second kappa shape index (κ2) is 13.2. The summed E-state index contributed by atoms with van der Waals surface area (Å²) in [6.45, 7) is 0. The van der Waals surface area contributed by atoms with Crippen LogP contribution in [-0.2, 0) is 5.41 Å². The van der Waals surface area contributed by atoms with Gasteiger partial charge in [-0.2, -0.15) is 0 Å². The average Bonchev–Trinajstić information content (AvgIpc) is 3.79. The van der Waals surface area contributed by atoms with Gasteiger partial charge in [-0.05, 0) is 116 Å². The monoisotopic (exact) mass is 750 g/mol. The normalized spacial score (nSPS) is 12.9. The lowest BCUT2D eigenvalue weighted by Crippen LogP contribution is -2.28. The molecule has 10 aromatic carbocycles. The van der Waals surface area contributed by atoms with Crippen molar-refractivity contribution in [2.45, 2.75) is 5.41 Å². The molecule has 0 N–H and O–H groups in total. The Labute approximate surface area is 343 Å². The molecule has 11 aromatic rings. The highest BCUT2D eigenvalue weighted by Crippen LogP contribution is 2.58. The topological polar surface area (TPSA) is 8.17 Å². The largest absolute Gasteiger partial charge is 0.310 e. The molecule has 0 fully saturated rings. The third-order valence-electron chi connectivity index (χ3n) is 12.6. The molecule has 0 spiro atoms. The van der Waals surface area contributed by atoms with Crippen LogP contribution in [-0.4, -0.2) is 4.57 Å². The van der Waals surface area contributed by atoms with Crippen LogP contribution in [0.2, 0.25) is 0 Å². The average molecular weight is 751 g/mol. The molecule has 1 aliphatic rings. The van der Waals surface area contributed by atoms with Crippen LogP contribution in [0.25, 0.3) is 60.2 Å². The second-order valence-corrected chi connectivity index (χ2v) is 15.7. The van der Waals surface area contributed by atoms with Gasteiger partial charge < -0.3 is 9.47 Å². The number of benzene rings is 10. The molecule has 1 heterocycles. The summed E-state index contributed by atoms with van der Waals surface area (Å²) in [4.78, 5) is 2.48. The van der Waals surface area contributed by atoms with Crippen LogP contribution in [0.5, 0.6) is 0 Å². The molecule has 276 valence electrons. The fourth-order valence-electron chi connectivity index (χ4n) is 10.1. The van der Waals surface area contributed by atoms with Crippen molar-refractivity contribution in [1.29, 1.82) is 0 Å². The smallest absolute Gasteiger partial charge is 0.0714 e. The van der Waals surface area contributed by atoms with Crippen molar-refractivity contribution >= 4 is 60.4 Å². The maximum absolute atomic E-state index is 2.49. The first kappa shape index (κ1) is 33.5. The lowest BCUT2D eigenvalue weighted by atomic mass is 9.67. The first-order valence-electron chi connectivity index (χ1n) is 20.4. The minimum atomic E-state index is -0.551. The van der Waals surface area contributed by atoms with Crippen LogP contribution in [0, 0.1) is 0 Å². The van der Waals surface area contributed by atoms with E-state index in [-0.39, 0.29) is 0 Å². The number of hydrogen-bond acceptors (Lipinski definition) is 1. The summed E-state index contributed by atoms with van der Waals surface area (Å²) in [6, 6.07) is 85.0. The van der Waals surface area contributed by atoms with Crippen LogP contribution in [0.15, 0.2) is 231 Å². The third-order valence-corrected chi connectivity index (χ3v) is 12.6. The lowest BCUT2D eigenvalue weighted by molar-refractivity contribution is 0.769. The molecule has 0 aliphatic heterocycles. The Morgan fingerprint density at radius 1 is 0.339 bits per heavy atom. The maximum Gasteiger partial charge on any atom is 0.0714 e. The molecular weight excluding hydrogens is 713 g/mol. The van der Waals surface area contributed by atoms with Crippen molar-refractivity contribution in [3.05, 3.63) is 253 Å². The summed E-state index contributed by atoms with van der Waals surface area (Å²) in [5, 5.41) is 7.36. The molecular formula is C57H38N2. The number of nitrogens with zero attached hydrogens (tertiary/aromatic N) is 2. The molecule has 0 bridgehead atoms. The van der Waals surface area contributed by atoms with Gasteiger partial charge in [-0.15, -0.1) is 0 Å². The highest BCUT2D eigenvalue weighted by Gasteiger charge is 2.46. The highest BCUT2D eigenvalue weighted by molar-refractivity contribution is 6.11. The highest BCUT2D eigenvalue weighted by atomic mass is 15.1. The van der Waals surface area contributed by atoms with Gasteiger partial charge in [0, 0.05) is 33.2 Å². The van der Waals surface area contributed by atoms with E-state index in [0.717, 1.165) is 22.7 Å². The predicted molar refractivity (Wildman–Crippen MR) is 248 cm³/mol. The van der Waals surface area contributed by atoms with E-state index in [1.54, 1.807) is 0 Å². The fourth-order valence-corrected chi connectivity index (χ4v) is 10.1. The zero-order valence-electron chi connectivity index (χ0n) is 32.3. The Morgan fingerprint density at radius 3 is 1.63 bits per heavy atom. The van der Waals surface area contributed by atoms with Gasteiger partial charge in [0.05, 0.1) is 22.1 Å². The fraction of sp³-hybridized carbons (Fsp3) is 0.0175. The molecule has 0 saturated carbocycles. The van der Waals surface area contributed by atoms with E-state index in [4.69, 9.17) is 0 Å². The van der Waals surface area contributed by atoms with Crippen LogP contribution in [0.4, 0.5) is 17.1 Å².